The van der Waals surface area contributed by atoms with Crippen LogP contribution in [0.25, 0.3) is 11.3 Å². The lowest BCUT2D eigenvalue weighted by Gasteiger charge is -2.35. The maximum atomic E-state index is 13.6. The van der Waals surface area contributed by atoms with Gasteiger partial charge < -0.3 is 15.2 Å². The zero-order valence-electron chi connectivity index (χ0n) is 18.1. The first-order chi connectivity index (χ1) is 15.5. The van der Waals surface area contributed by atoms with E-state index in [2.05, 4.69) is 14.9 Å². The average molecular weight is 478 g/mol. The lowest BCUT2D eigenvalue weighted by molar-refractivity contribution is -0.389. The molecule has 2 aromatic heterocycles. The van der Waals surface area contributed by atoms with Crippen LogP contribution in [0.3, 0.4) is 0 Å². The van der Waals surface area contributed by atoms with Gasteiger partial charge in [0.05, 0.1) is 17.8 Å². The van der Waals surface area contributed by atoms with Gasteiger partial charge in [0.25, 0.3) is 0 Å². The molecule has 1 atom stereocenters. The molecule has 3 heterocycles. The first kappa shape index (κ1) is 23.2. The number of aliphatic hydroxyl groups is 1. The third kappa shape index (κ3) is 5.18. The first-order valence-electron chi connectivity index (χ1n) is 10.3. The van der Waals surface area contributed by atoms with E-state index < -0.39 is 22.2 Å². The summed E-state index contributed by atoms with van der Waals surface area (Å²) in [6.07, 6.45) is 1.81. The van der Waals surface area contributed by atoms with Crippen molar-refractivity contribution in [1.82, 2.24) is 19.4 Å². The van der Waals surface area contributed by atoms with Gasteiger partial charge in [-0.25, -0.2) is 8.78 Å². The lowest BCUT2D eigenvalue weighted by atomic mass is 9.96. The van der Waals surface area contributed by atoms with E-state index in [4.69, 9.17) is 11.6 Å². The lowest BCUT2D eigenvalue weighted by Crippen LogP contribution is -2.45. The van der Waals surface area contributed by atoms with Crippen LogP contribution in [0.15, 0.2) is 30.5 Å². The fourth-order valence-electron chi connectivity index (χ4n) is 4.22. The van der Waals surface area contributed by atoms with Gasteiger partial charge in [-0.15, -0.1) is 0 Å². The van der Waals surface area contributed by atoms with Gasteiger partial charge in [-0.3, -0.25) is 14.5 Å². The SMILES string of the molecule is Cc1cc(-c2cc(F)cc(F)c2)nc2c1CN(C[C@](C)(O)Cn1cc([N+](=O)[O-])nc1Cl)CC2. The molecule has 1 aliphatic heterocycles. The third-order valence-corrected chi connectivity index (χ3v) is 5.92. The van der Waals surface area contributed by atoms with Gasteiger partial charge in [0.1, 0.15) is 17.8 Å². The zero-order chi connectivity index (χ0) is 23.9. The van der Waals surface area contributed by atoms with E-state index >= 15 is 0 Å². The highest BCUT2D eigenvalue weighted by atomic mass is 35.5. The van der Waals surface area contributed by atoms with E-state index in [9.17, 15) is 24.0 Å². The van der Waals surface area contributed by atoms with Gasteiger partial charge in [0.2, 0.25) is 0 Å². The van der Waals surface area contributed by atoms with E-state index in [0.29, 0.717) is 37.3 Å². The van der Waals surface area contributed by atoms with Gasteiger partial charge in [0, 0.05) is 43.4 Å². The van der Waals surface area contributed by atoms with E-state index in [0.717, 1.165) is 22.9 Å². The molecule has 0 bridgehead atoms. The zero-order valence-corrected chi connectivity index (χ0v) is 18.8. The Morgan fingerprint density at radius 2 is 1.91 bits per heavy atom. The second kappa shape index (κ2) is 8.77. The van der Waals surface area contributed by atoms with Crippen LogP contribution in [0.2, 0.25) is 5.28 Å². The number of rotatable bonds is 6. The van der Waals surface area contributed by atoms with Crippen molar-refractivity contribution in [2.75, 3.05) is 13.1 Å². The monoisotopic (exact) mass is 477 g/mol. The van der Waals surface area contributed by atoms with Crippen LogP contribution in [0.1, 0.15) is 23.7 Å². The van der Waals surface area contributed by atoms with Crippen molar-refractivity contribution in [3.05, 3.63) is 74.3 Å². The molecule has 33 heavy (non-hydrogen) atoms. The summed E-state index contributed by atoms with van der Waals surface area (Å²) in [5.41, 5.74) is 2.48. The molecule has 4 rings (SSSR count). The smallest absolute Gasteiger partial charge is 0.383 e. The van der Waals surface area contributed by atoms with E-state index in [1.165, 1.54) is 22.9 Å². The Morgan fingerprint density at radius 3 is 2.55 bits per heavy atom. The average Bonchev–Trinajstić information content (AvgIpc) is 3.07. The molecular weight excluding hydrogens is 456 g/mol. The Kier molecular flexibility index (Phi) is 6.17. The summed E-state index contributed by atoms with van der Waals surface area (Å²) in [6, 6.07) is 5.15. The highest BCUT2D eigenvalue weighted by Gasteiger charge is 2.30. The number of aryl methyl sites for hydroxylation is 1. The van der Waals surface area contributed by atoms with Gasteiger partial charge >= 0.3 is 11.1 Å². The Labute approximate surface area is 193 Å². The van der Waals surface area contributed by atoms with Crippen LogP contribution in [0, 0.1) is 28.7 Å². The van der Waals surface area contributed by atoms with Crippen molar-refractivity contribution in [1.29, 1.82) is 0 Å². The number of nitro groups is 1. The van der Waals surface area contributed by atoms with Crippen LogP contribution in [-0.4, -0.2) is 48.2 Å². The van der Waals surface area contributed by atoms with E-state index in [1.54, 1.807) is 13.0 Å². The molecule has 11 heteroatoms. The van der Waals surface area contributed by atoms with Crippen molar-refractivity contribution in [2.24, 2.45) is 0 Å². The summed E-state index contributed by atoms with van der Waals surface area (Å²) in [6.45, 7) is 5.06. The predicted octanol–water partition coefficient (Wildman–Crippen LogP) is 3.90. The molecule has 0 fully saturated rings. The quantitative estimate of drug-likeness (QED) is 0.427. The molecule has 8 nitrogen and oxygen atoms in total. The Balaban J connectivity index is 1.50. The van der Waals surface area contributed by atoms with Gasteiger partial charge in [-0.2, -0.15) is 0 Å². The molecular formula is C22H22ClF2N5O3. The van der Waals surface area contributed by atoms with Gasteiger partial charge in [0.15, 0.2) is 0 Å². The topological polar surface area (TPSA) is 97.3 Å². The number of hydrogen-bond acceptors (Lipinski definition) is 6. The molecule has 174 valence electrons. The van der Waals surface area contributed by atoms with E-state index in [-0.39, 0.29) is 17.6 Å². The summed E-state index contributed by atoms with van der Waals surface area (Å²) in [5.74, 6) is -1.68. The third-order valence-electron chi connectivity index (χ3n) is 5.62. The molecule has 1 N–H and O–H groups in total. The normalized spacial score (nSPS) is 15.8. The molecule has 1 aromatic carbocycles. The number of halogens is 3. The maximum Gasteiger partial charge on any atom is 0.383 e. The van der Waals surface area contributed by atoms with Crippen molar-refractivity contribution in [3.8, 4) is 11.3 Å². The second-order valence-corrected chi connectivity index (χ2v) is 8.96. The second-order valence-electron chi connectivity index (χ2n) is 8.62. The minimum atomic E-state index is -1.23. The molecule has 0 unspecified atom stereocenters. The van der Waals surface area contributed by atoms with Crippen molar-refractivity contribution < 1.29 is 18.8 Å². The number of fused-ring (bicyclic) bond motifs is 1. The highest BCUT2D eigenvalue weighted by Crippen LogP contribution is 2.28. The fourth-order valence-corrected chi connectivity index (χ4v) is 4.41. The van der Waals surface area contributed by atoms with Crippen LogP contribution < -0.4 is 0 Å². The standard InChI is InChI=1S/C22H22ClF2N5O3/c1-13-5-19(14-6-15(24)8-16(25)7-14)26-18-3-4-28(9-17(13)18)11-22(2,31)12-29-10-20(30(32)33)27-21(29)23/h5-8,10,31H,3-4,9,11-12H2,1-2H3/t22-/m0/s1. The highest BCUT2D eigenvalue weighted by molar-refractivity contribution is 6.28. The van der Waals surface area contributed by atoms with Crippen LogP contribution in [0.4, 0.5) is 14.6 Å². The first-order valence-corrected chi connectivity index (χ1v) is 10.7. The van der Waals surface area contributed by atoms with Crippen LogP contribution in [0.5, 0.6) is 0 Å². The number of hydrogen-bond donors (Lipinski definition) is 1. The van der Waals surface area contributed by atoms with Crippen molar-refractivity contribution in [2.45, 2.75) is 39.0 Å². The summed E-state index contributed by atoms with van der Waals surface area (Å²) in [4.78, 5) is 20.6. The maximum absolute atomic E-state index is 13.6. The predicted molar refractivity (Wildman–Crippen MR) is 118 cm³/mol. The molecule has 0 amide bonds. The fraction of sp³-hybridized carbons (Fsp3) is 0.364. The number of nitrogens with zero attached hydrogens (tertiary/aromatic N) is 5. The summed E-state index contributed by atoms with van der Waals surface area (Å²) >= 11 is 5.98. The van der Waals surface area contributed by atoms with E-state index in [1.807, 2.05) is 6.92 Å². The number of β-amino-alcohol motifs (C(OH)–C–C–N with tert-alkyl or cyclic N) is 1. The molecule has 1 aliphatic rings. The van der Waals surface area contributed by atoms with Crippen molar-refractivity contribution >= 4 is 17.4 Å². The van der Waals surface area contributed by atoms with Gasteiger partial charge in [-0.1, -0.05) is 0 Å². The number of pyridine rings is 1. The molecule has 0 aliphatic carbocycles. The minimum absolute atomic E-state index is 0.0390. The number of imidazole rings is 1. The Hall–Kier alpha value is -2.95. The molecule has 0 spiro atoms. The summed E-state index contributed by atoms with van der Waals surface area (Å²) < 4.78 is 28.6. The summed E-state index contributed by atoms with van der Waals surface area (Å²) in [5, 5.41) is 21.8. The van der Waals surface area contributed by atoms with Crippen LogP contribution >= 0.6 is 11.6 Å². The minimum Gasteiger partial charge on any atom is -0.387 e. The largest absolute Gasteiger partial charge is 0.387 e. The van der Waals surface area contributed by atoms with Crippen molar-refractivity contribution in [3.63, 3.8) is 0 Å². The number of aromatic nitrogens is 3. The molecule has 3 aromatic rings. The molecule has 0 radical (unpaired) electrons. The van der Waals surface area contributed by atoms with Gasteiger partial charge in [-0.05, 0) is 64.7 Å². The summed E-state index contributed by atoms with van der Waals surface area (Å²) in [7, 11) is 0. The molecule has 0 saturated heterocycles. The van der Waals surface area contributed by atoms with Crippen LogP contribution in [-0.2, 0) is 19.5 Å². The Bertz CT molecular complexity index is 1210. The Morgan fingerprint density at radius 1 is 1.21 bits per heavy atom. The number of benzene rings is 1. The molecule has 0 saturated carbocycles.